The first-order valence-electron chi connectivity index (χ1n) is 3.80. The minimum absolute atomic E-state index is 0.681. The van der Waals surface area contributed by atoms with Crippen molar-refractivity contribution < 1.29 is 8.95 Å². The van der Waals surface area contributed by atoms with E-state index >= 15 is 0 Å². The number of rotatable bonds is 1. The average molecular weight is 338 g/mol. The average Bonchev–Trinajstić information content (AvgIpc) is 2.44. The molecule has 0 fully saturated rings. The Balaban J connectivity index is 2.61. The molecule has 0 amide bonds. The lowest BCUT2D eigenvalue weighted by molar-refractivity contribution is 0.413. The van der Waals surface area contributed by atoms with Gasteiger partial charge in [0.25, 0.3) is 0 Å². The first kappa shape index (κ1) is 10.4. The van der Waals surface area contributed by atoms with Crippen molar-refractivity contribution in [2.75, 3.05) is 7.11 Å². The lowest BCUT2D eigenvalue weighted by atomic mass is 10.2. The van der Waals surface area contributed by atoms with Crippen molar-refractivity contribution in [2.45, 2.75) is 4.90 Å². The minimum Gasteiger partial charge on any atom is -0.497 e. The summed E-state index contributed by atoms with van der Waals surface area (Å²) in [5.74, 6) is 0.722. The number of fused-ring (bicyclic) bond motifs is 1. The fraction of sp³-hybridized carbons (Fsp3) is 0.111. The fourth-order valence-electron chi connectivity index (χ4n) is 1.25. The van der Waals surface area contributed by atoms with Crippen LogP contribution in [0.3, 0.4) is 0 Å². The zero-order chi connectivity index (χ0) is 10.3. The summed E-state index contributed by atoms with van der Waals surface area (Å²) in [6.45, 7) is 0. The van der Waals surface area contributed by atoms with Crippen molar-refractivity contribution in [3.05, 3.63) is 27.6 Å². The molecular formula is C9H6Br2O2S. The standard InChI is InChI=1S/C9H6Br2O2S/c1-13-5-2-3-6-7(4-5)14(12)9(11)8(6)10/h2-4H,1H3. The molecule has 0 aliphatic carbocycles. The maximum atomic E-state index is 11.8. The maximum absolute atomic E-state index is 11.8. The van der Waals surface area contributed by atoms with Gasteiger partial charge in [-0.3, -0.25) is 0 Å². The van der Waals surface area contributed by atoms with Gasteiger partial charge in [0.2, 0.25) is 0 Å². The molecule has 14 heavy (non-hydrogen) atoms. The van der Waals surface area contributed by atoms with Crippen LogP contribution >= 0.6 is 31.9 Å². The van der Waals surface area contributed by atoms with Crippen LogP contribution < -0.4 is 4.74 Å². The molecule has 1 unspecified atom stereocenters. The molecule has 0 N–H and O–H groups in total. The predicted octanol–water partition coefficient (Wildman–Crippen LogP) is 3.23. The Kier molecular flexibility index (Phi) is 2.81. The van der Waals surface area contributed by atoms with Gasteiger partial charge in [-0.2, -0.15) is 0 Å². The Hall–Kier alpha value is -0.130. The van der Waals surface area contributed by atoms with Gasteiger partial charge in [-0.15, -0.1) is 0 Å². The monoisotopic (exact) mass is 336 g/mol. The Bertz CT molecular complexity index is 454. The largest absolute Gasteiger partial charge is 0.497 e. The first-order chi connectivity index (χ1) is 6.65. The van der Waals surface area contributed by atoms with E-state index in [9.17, 15) is 4.21 Å². The molecule has 1 heterocycles. The molecule has 0 radical (unpaired) electrons. The molecule has 5 heteroatoms. The van der Waals surface area contributed by atoms with Crippen LogP contribution in [-0.2, 0) is 10.8 Å². The Labute approximate surface area is 101 Å². The Morgan fingerprint density at radius 2 is 2.07 bits per heavy atom. The highest BCUT2D eigenvalue weighted by atomic mass is 79.9. The molecule has 1 atom stereocenters. The molecule has 1 aliphatic heterocycles. The van der Waals surface area contributed by atoms with E-state index in [0.29, 0.717) is 3.81 Å². The Morgan fingerprint density at radius 1 is 1.36 bits per heavy atom. The van der Waals surface area contributed by atoms with Crippen LogP contribution in [0.4, 0.5) is 0 Å². The van der Waals surface area contributed by atoms with Crippen LogP contribution in [0.5, 0.6) is 5.75 Å². The maximum Gasteiger partial charge on any atom is 0.120 e. The molecule has 0 aromatic heterocycles. The van der Waals surface area contributed by atoms with E-state index in [4.69, 9.17) is 4.74 Å². The molecule has 1 aromatic rings. The van der Waals surface area contributed by atoms with Crippen molar-refractivity contribution in [3.8, 4) is 5.75 Å². The van der Waals surface area contributed by atoms with Gasteiger partial charge in [0.1, 0.15) is 9.56 Å². The van der Waals surface area contributed by atoms with Gasteiger partial charge in [0.05, 0.1) is 22.8 Å². The molecular weight excluding hydrogens is 332 g/mol. The second-order valence-corrected chi connectivity index (χ2v) is 6.21. The van der Waals surface area contributed by atoms with E-state index in [2.05, 4.69) is 31.9 Å². The van der Waals surface area contributed by atoms with Crippen molar-refractivity contribution in [2.24, 2.45) is 0 Å². The van der Waals surface area contributed by atoms with Gasteiger partial charge in [-0.25, -0.2) is 4.21 Å². The highest BCUT2D eigenvalue weighted by Crippen LogP contribution is 2.43. The number of hydrogen-bond acceptors (Lipinski definition) is 2. The van der Waals surface area contributed by atoms with Gasteiger partial charge < -0.3 is 4.74 Å². The second-order valence-electron chi connectivity index (χ2n) is 2.72. The molecule has 0 saturated heterocycles. The molecule has 0 saturated carbocycles. The van der Waals surface area contributed by atoms with E-state index in [1.165, 1.54) is 0 Å². The van der Waals surface area contributed by atoms with Crippen molar-refractivity contribution in [3.63, 3.8) is 0 Å². The normalized spacial score (nSPS) is 19.8. The number of ether oxygens (including phenoxy) is 1. The van der Waals surface area contributed by atoms with Gasteiger partial charge in [0.15, 0.2) is 0 Å². The highest BCUT2D eigenvalue weighted by Gasteiger charge is 2.25. The van der Waals surface area contributed by atoms with E-state index in [0.717, 1.165) is 20.7 Å². The first-order valence-corrected chi connectivity index (χ1v) is 6.54. The van der Waals surface area contributed by atoms with E-state index < -0.39 is 10.8 Å². The summed E-state index contributed by atoms with van der Waals surface area (Å²) in [6.07, 6.45) is 0. The van der Waals surface area contributed by atoms with Crippen molar-refractivity contribution >= 4 is 47.1 Å². The van der Waals surface area contributed by atoms with Crippen LogP contribution in [0, 0.1) is 0 Å². The smallest absolute Gasteiger partial charge is 0.120 e. The summed E-state index contributed by atoms with van der Waals surface area (Å²) >= 11 is 6.68. The zero-order valence-electron chi connectivity index (χ0n) is 7.21. The van der Waals surface area contributed by atoms with Crippen LogP contribution in [-0.4, -0.2) is 11.3 Å². The molecule has 74 valence electrons. The summed E-state index contributed by atoms with van der Waals surface area (Å²) in [5, 5.41) is 0. The number of hydrogen-bond donors (Lipinski definition) is 0. The number of methoxy groups -OCH3 is 1. The van der Waals surface area contributed by atoms with Crippen LogP contribution in [0.25, 0.3) is 4.48 Å². The van der Waals surface area contributed by atoms with Crippen molar-refractivity contribution in [1.29, 1.82) is 0 Å². The molecule has 1 aliphatic rings. The van der Waals surface area contributed by atoms with E-state index in [1.54, 1.807) is 13.2 Å². The van der Waals surface area contributed by atoms with E-state index in [1.807, 2.05) is 12.1 Å². The van der Waals surface area contributed by atoms with Crippen LogP contribution in [0.15, 0.2) is 26.9 Å². The van der Waals surface area contributed by atoms with Gasteiger partial charge >= 0.3 is 0 Å². The topological polar surface area (TPSA) is 26.3 Å². The fourth-order valence-corrected chi connectivity index (χ4v) is 3.96. The quantitative estimate of drug-likeness (QED) is 0.786. The summed E-state index contributed by atoms with van der Waals surface area (Å²) in [5.41, 5.74) is 0.955. The van der Waals surface area contributed by atoms with E-state index in [-0.39, 0.29) is 0 Å². The zero-order valence-corrected chi connectivity index (χ0v) is 11.2. The van der Waals surface area contributed by atoms with Gasteiger partial charge in [-0.05, 0) is 50.1 Å². The third kappa shape index (κ3) is 1.47. The molecule has 1 aromatic carbocycles. The third-order valence-electron chi connectivity index (χ3n) is 1.96. The SMILES string of the molecule is COc1ccc2c(c1)S(=O)C(Br)=C2Br. The molecule has 0 bridgehead atoms. The summed E-state index contributed by atoms with van der Waals surface area (Å²) in [7, 11) is 0.479. The molecule has 0 spiro atoms. The highest BCUT2D eigenvalue weighted by molar-refractivity contribution is 9.17. The third-order valence-corrected chi connectivity index (χ3v) is 6.12. The lowest BCUT2D eigenvalue weighted by Gasteiger charge is -2.02. The molecule has 2 rings (SSSR count). The van der Waals surface area contributed by atoms with Crippen LogP contribution in [0.1, 0.15) is 5.56 Å². The number of benzene rings is 1. The van der Waals surface area contributed by atoms with Gasteiger partial charge in [0, 0.05) is 10.0 Å². The molecule has 2 nitrogen and oxygen atoms in total. The summed E-state index contributed by atoms with van der Waals surface area (Å²) in [6, 6.07) is 5.54. The second kappa shape index (κ2) is 3.79. The summed E-state index contributed by atoms with van der Waals surface area (Å²) in [4.78, 5) is 0.781. The van der Waals surface area contributed by atoms with Gasteiger partial charge in [-0.1, -0.05) is 0 Å². The minimum atomic E-state index is -1.12. The summed E-state index contributed by atoms with van der Waals surface area (Å²) < 4.78 is 18.4. The van der Waals surface area contributed by atoms with Crippen LogP contribution in [0.2, 0.25) is 0 Å². The predicted molar refractivity (Wildman–Crippen MR) is 64.2 cm³/mol. The Morgan fingerprint density at radius 3 is 2.71 bits per heavy atom. The number of halogens is 2. The van der Waals surface area contributed by atoms with Crippen molar-refractivity contribution in [1.82, 2.24) is 0 Å². The lowest BCUT2D eigenvalue weighted by Crippen LogP contribution is -1.89.